The lowest BCUT2D eigenvalue weighted by atomic mass is 10.0. The molecule has 0 bridgehead atoms. The number of pyridine rings is 1. The van der Waals surface area contributed by atoms with Crippen molar-refractivity contribution in [1.29, 1.82) is 0 Å². The van der Waals surface area contributed by atoms with Crippen molar-refractivity contribution in [2.45, 2.75) is 44.7 Å². The first-order valence-corrected chi connectivity index (χ1v) is 11.7. The Morgan fingerprint density at radius 2 is 1.76 bits per heavy atom. The normalized spacial score (nSPS) is 25.4. The van der Waals surface area contributed by atoms with E-state index in [1.54, 1.807) is 7.11 Å². The highest BCUT2D eigenvalue weighted by Crippen LogP contribution is 2.33. The Labute approximate surface area is 198 Å². The number of nitrogens with zero attached hydrogens (tertiary/aromatic N) is 3. The molecule has 180 valence electrons. The zero-order chi connectivity index (χ0) is 23.7. The van der Waals surface area contributed by atoms with Gasteiger partial charge in [-0.3, -0.25) is 4.98 Å². The summed E-state index contributed by atoms with van der Waals surface area (Å²) >= 11 is 0. The topological polar surface area (TPSA) is 111 Å². The van der Waals surface area contributed by atoms with Crippen molar-refractivity contribution in [1.82, 2.24) is 25.6 Å². The molecule has 0 saturated carbocycles. The van der Waals surface area contributed by atoms with Gasteiger partial charge in [-0.05, 0) is 38.1 Å². The van der Waals surface area contributed by atoms with Crippen LogP contribution in [0.5, 0.6) is 5.75 Å². The fraction of sp³-hybridized carbons (Fsp3) is 0.480. The summed E-state index contributed by atoms with van der Waals surface area (Å²) in [7, 11) is 1.59. The minimum atomic E-state index is -0.248. The molecule has 3 N–H and O–H groups in total. The monoisotopic (exact) mass is 465 g/mol. The molecule has 0 amide bonds. The third-order valence-electron chi connectivity index (χ3n) is 6.54. The number of ether oxygens (including phenoxy) is 3. The van der Waals surface area contributed by atoms with E-state index in [0.717, 1.165) is 40.9 Å². The molecule has 1 aromatic carbocycles. The summed E-state index contributed by atoms with van der Waals surface area (Å²) in [5.41, 5.74) is 3.95. The summed E-state index contributed by atoms with van der Waals surface area (Å²) in [6.07, 6.45) is 1.36. The zero-order valence-electron chi connectivity index (χ0n) is 19.7. The second kappa shape index (κ2) is 9.89. The third-order valence-corrected chi connectivity index (χ3v) is 6.54. The molecule has 0 aliphatic carbocycles. The summed E-state index contributed by atoms with van der Waals surface area (Å²) in [6.45, 7) is 6.93. The Hall–Kier alpha value is -2.69. The van der Waals surface area contributed by atoms with Crippen LogP contribution in [0.4, 0.5) is 0 Å². The van der Waals surface area contributed by atoms with Gasteiger partial charge in [-0.1, -0.05) is 0 Å². The van der Waals surface area contributed by atoms with Gasteiger partial charge in [0.2, 0.25) is 0 Å². The van der Waals surface area contributed by atoms with Crippen molar-refractivity contribution in [3.63, 3.8) is 0 Å². The molecule has 0 spiro atoms. The number of benzene rings is 1. The first kappa shape index (κ1) is 23.1. The van der Waals surface area contributed by atoms with E-state index >= 15 is 0 Å². The predicted molar refractivity (Wildman–Crippen MR) is 128 cm³/mol. The Bertz CT molecular complexity index is 1170. The summed E-state index contributed by atoms with van der Waals surface area (Å²) in [6, 6.07) is 7.84. The van der Waals surface area contributed by atoms with Crippen LogP contribution in [0, 0.1) is 0 Å². The largest absolute Gasteiger partial charge is 0.496 e. The molecule has 2 saturated heterocycles. The Morgan fingerprint density at radius 1 is 1.03 bits per heavy atom. The molecule has 0 radical (unpaired) electrons. The number of methoxy groups -OCH3 is 1. The van der Waals surface area contributed by atoms with E-state index in [2.05, 4.69) is 24.5 Å². The van der Waals surface area contributed by atoms with E-state index in [0.29, 0.717) is 30.4 Å². The highest BCUT2D eigenvalue weighted by Gasteiger charge is 2.31. The van der Waals surface area contributed by atoms with Gasteiger partial charge in [-0.25, -0.2) is 9.97 Å². The molecule has 4 atom stereocenters. The van der Waals surface area contributed by atoms with Gasteiger partial charge in [0.1, 0.15) is 18.0 Å². The number of nitrogens with one attached hydrogen (secondary N) is 2. The molecule has 2 unspecified atom stereocenters. The lowest BCUT2D eigenvalue weighted by Crippen LogP contribution is -2.43. The number of aliphatic hydroxyl groups is 1. The Morgan fingerprint density at radius 3 is 2.44 bits per heavy atom. The first-order chi connectivity index (χ1) is 16.6. The minimum Gasteiger partial charge on any atom is -0.496 e. The smallest absolute Gasteiger partial charge is 0.159 e. The maximum absolute atomic E-state index is 9.74. The van der Waals surface area contributed by atoms with Crippen LogP contribution < -0.4 is 15.4 Å². The van der Waals surface area contributed by atoms with Gasteiger partial charge in [0.25, 0.3) is 0 Å². The van der Waals surface area contributed by atoms with Crippen LogP contribution in [0.3, 0.4) is 0 Å². The zero-order valence-corrected chi connectivity index (χ0v) is 19.7. The standard InChI is InChI=1S/C25H31N5O4/c1-14-23(33-8-6-26-14)22-18-12-28-19(16-4-5-21(32-3)17(10-16)13-31)11-20(18)29-25(30-22)24-15(2)27-7-9-34-24/h4-5,10-12,14-15,23-24,26-27,31H,6-9,13H2,1-3H3/t14?,15?,23-,24-/m0/s1. The minimum absolute atomic E-state index is 0.0943. The van der Waals surface area contributed by atoms with E-state index in [1.807, 2.05) is 30.5 Å². The molecule has 9 nitrogen and oxygen atoms in total. The van der Waals surface area contributed by atoms with Crippen LogP contribution in [0.25, 0.3) is 22.2 Å². The number of fused-ring (bicyclic) bond motifs is 1. The Balaban J connectivity index is 1.64. The fourth-order valence-electron chi connectivity index (χ4n) is 4.69. The maximum atomic E-state index is 9.74. The van der Waals surface area contributed by atoms with Crippen molar-refractivity contribution >= 4 is 10.9 Å². The molecule has 4 heterocycles. The summed E-state index contributed by atoms with van der Waals surface area (Å²) in [5.74, 6) is 1.29. The molecule has 9 heteroatoms. The van der Waals surface area contributed by atoms with Gasteiger partial charge in [0.05, 0.1) is 43.8 Å². The number of aliphatic hydroxyl groups excluding tert-OH is 1. The maximum Gasteiger partial charge on any atom is 0.159 e. The number of hydrogen-bond donors (Lipinski definition) is 3. The van der Waals surface area contributed by atoms with Gasteiger partial charge < -0.3 is 30.0 Å². The number of rotatable bonds is 5. The van der Waals surface area contributed by atoms with Crippen molar-refractivity contribution in [2.24, 2.45) is 0 Å². The van der Waals surface area contributed by atoms with Crippen LogP contribution >= 0.6 is 0 Å². The SMILES string of the molecule is COc1ccc(-c2cc3nc([C@H]4OCCNC4C)nc([C@H]4OCCNC4C)c3cn2)cc1CO. The van der Waals surface area contributed by atoms with Crippen molar-refractivity contribution in [2.75, 3.05) is 33.4 Å². The van der Waals surface area contributed by atoms with E-state index in [1.165, 1.54) is 0 Å². The quantitative estimate of drug-likeness (QED) is 0.523. The lowest BCUT2D eigenvalue weighted by Gasteiger charge is -2.32. The highest BCUT2D eigenvalue weighted by atomic mass is 16.5. The summed E-state index contributed by atoms with van der Waals surface area (Å²) < 4.78 is 17.6. The lowest BCUT2D eigenvalue weighted by molar-refractivity contribution is -0.0108. The van der Waals surface area contributed by atoms with E-state index in [4.69, 9.17) is 29.2 Å². The van der Waals surface area contributed by atoms with Crippen LogP contribution in [-0.4, -0.2) is 65.6 Å². The second-order valence-corrected chi connectivity index (χ2v) is 8.81. The molecule has 2 aliphatic rings. The van der Waals surface area contributed by atoms with Gasteiger partial charge in [-0.15, -0.1) is 0 Å². The summed E-state index contributed by atoms with van der Waals surface area (Å²) in [5, 5.41) is 17.5. The van der Waals surface area contributed by atoms with Crippen LogP contribution in [0.15, 0.2) is 30.5 Å². The Kier molecular flexibility index (Phi) is 6.71. The van der Waals surface area contributed by atoms with Crippen LogP contribution in [0.2, 0.25) is 0 Å². The van der Waals surface area contributed by atoms with Crippen molar-refractivity contribution < 1.29 is 19.3 Å². The average Bonchev–Trinajstić information content (AvgIpc) is 2.88. The molecular weight excluding hydrogens is 434 g/mol. The molecule has 2 aliphatic heterocycles. The summed E-state index contributed by atoms with van der Waals surface area (Å²) in [4.78, 5) is 14.6. The van der Waals surface area contributed by atoms with Crippen LogP contribution in [-0.2, 0) is 16.1 Å². The first-order valence-electron chi connectivity index (χ1n) is 11.7. The predicted octanol–water partition coefficient (Wildman–Crippen LogP) is 2.29. The molecule has 2 fully saturated rings. The third kappa shape index (κ3) is 4.37. The number of aromatic nitrogens is 3. The van der Waals surface area contributed by atoms with E-state index < -0.39 is 0 Å². The highest BCUT2D eigenvalue weighted by molar-refractivity contribution is 5.84. The average molecular weight is 466 g/mol. The van der Waals surface area contributed by atoms with Gasteiger partial charge in [0, 0.05) is 47.9 Å². The van der Waals surface area contributed by atoms with E-state index in [9.17, 15) is 5.11 Å². The van der Waals surface area contributed by atoms with E-state index in [-0.39, 0.29) is 30.9 Å². The van der Waals surface area contributed by atoms with Crippen molar-refractivity contribution in [3.05, 3.63) is 47.5 Å². The van der Waals surface area contributed by atoms with Crippen molar-refractivity contribution in [3.8, 4) is 17.0 Å². The molecule has 3 aromatic rings. The molecular formula is C25H31N5O4. The van der Waals surface area contributed by atoms with Gasteiger partial charge >= 0.3 is 0 Å². The molecule has 5 rings (SSSR count). The number of hydrogen-bond acceptors (Lipinski definition) is 9. The second-order valence-electron chi connectivity index (χ2n) is 8.81. The molecule has 2 aromatic heterocycles. The number of morpholine rings is 2. The van der Waals surface area contributed by atoms with Gasteiger partial charge in [0.15, 0.2) is 5.82 Å². The van der Waals surface area contributed by atoms with Gasteiger partial charge in [-0.2, -0.15) is 0 Å². The fourth-order valence-corrected chi connectivity index (χ4v) is 4.69. The van der Waals surface area contributed by atoms with Crippen LogP contribution in [0.1, 0.15) is 43.1 Å². The molecule has 34 heavy (non-hydrogen) atoms.